The number of nitriles is 1. The zero-order valence-electron chi connectivity index (χ0n) is 9.49. The number of rotatable bonds is 5. The molecule has 1 rings (SSSR count). The van der Waals surface area contributed by atoms with Gasteiger partial charge in [0.2, 0.25) is 5.91 Å². The van der Waals surface area contributed by atoms with E-state index in [1.54, 1.807) is 17.5 Å². The van der Waals surface area contributed by atoms with Gasteiger partial charge in [-0.2, -0.15) is 5.26 Å². The third-order valence-electron chi connectivity index (χ3n) is 2.13. The van der Waals surface area contributed by atoms with Crippen LogP contribution in [-0.2, 0) is 11.3 Å². The van der Waals surface area contributed by atoms with Crippen LogP contribution in [0.25, 0.3) is 0 Å². The van der Waals surface area contributed by atoms with Crippen LogP contribution < -0.4 is 5.32 Å². The Bertz CT molecular complexity index is 394. The minimum atomic E-state index is -0.536. The van der Waals surface area contributed by atoms with Gasteiger partial charge in [-0.3, -0.25) is 4.79 Å². The number of hydrogen-bond acceptors (Lipinski definition) is 4. The highest BCUT2D eigenvalue weighted by molar-refractivity contribution is 7.11. The molecule has 1 aromatic heterocycles. The second-order valence-electron chi connectivity index (χ2n) is 3.55. The van der Waals surface area contributed by atoms with Crippen LogP contribution in [0.15, 0.2) is 6.20 Å². The normalized spacial score (nSPS) is 11.8. The van der Waals surface area contributed by atoms with E-state index in [2.05, 4.69) is 10.3 Å². The van der Waals surface area contributed by atoms with Crippen LogP contribution >= 0.6 is 11.3 Å². The summed E-state index contributed by atoms with van der Waals surface area (Å²) in [5.74, 6) is -0.733. The molecule has 1 heterocycles. The Morgan fingerprint density at radius 3 is 3.00 bits per heavy atom. The summed E-state index contributed by atoms with van der Waals surface area (Å²) in [5, 5.41) is 12.4. The van der Waals surface area contributed by atoms with E-state index in [0.717, 1.165) is 16.3 Å². The van der Waals surface area contributed by atoms with Gasteiger partial charge in [-0.1, -0.05) is 13.3 Å². The number of carbonyl (C=O) groups excluding carboxylic acids is 1. The van der Waals surface area contributed by atoms with Crippen molar-refractivity contribution in [2.24, 2.45) is 5.92 Å². The number of thiazole rings is 1. The molecule has 1 atom stereocenters. The first-order valence-corrected chi connectivity index (χ1v) is 6.07. The standard InChI is InChI=1S/C11H15N3OS/c1-3-4-9(5-12)11(15)14-7-10-13-6-8(2)16-10/h6,9H,3-4,7H2,1-2H3,(H,14,15). The fraction of sp³-hybridized carbons (Fsp3) is 0.545. The van der Waals surface area contributed by atoms with E-state index >= 15 is 0 Å². The first-order valence-electron chi connectivity index (χ1n) is 5.26. The molecule has 0 aromatic carbocycles. The van der Waals surface area contributed by atoms with Gasteiger partial charge in [0, 0.05) is 11.1 Å². The Morgan fingerprint density at radius 1 is 1.75 bits per heavy atom. The lowest BCUT2D eigenvalue weighted by atomic mass is 10.1. The topological polar surface area (TPSA) is 65.8 Å². The van der Waals surface area contributed by atoms with Crippen molar-refractivity contribution in [3.63, 3.8) is 0 Å². The first kappa shape index (κ1) is 12.7. The summed E-state index contributed by atoms with van der Waals surface area (Å²) < 4.78 is 0. The molecule has 0 spiro atoms. The summed E-state index contributed by atoms with van der Waals surface area (Å²) >= 11 is 1.55. The average Bonchev–Trinajstić information content (AvgIpc) is 2.68. The van der Waals surface area contributed by atoms with Gasteiger partial charge in [-0.15, -0.1) is 11.3 Å². The van der Waals surface area contributed by atoms with Crippen molar-refractivity contribution < 1.29 is 4.79 Å². The maximum Gasteiger partial charge on any atom is 0.237 e. The van der Waals surface area contributed by atoms with Crippen molar-refractivity contribution in [3.05, 3.63) is 16.1 Å². The summed E-state index contributed by atoms with van der Waals surface area (Å²) in [6, 6.07) is 2.02. The molecule has 1 N–H and O–H groups in total. The van der Waals surface area contributed by atoms with E-state index in [1.165, 1.54) is 0 Å². The van der Waals surface area contributed by atoms with E-state index < -0.39 is 5.92 Å². The van der Waals surface area contributed by atoms with Crippen molar-refractivity contribution in [2.75, 3.05) is 0 Å². The first-order chi connectivity index (χ1) is 7.67. The summed E-state index contributed by atoms with van der Waals surface area (Å²) in [6.45, 7) is 4.35. The molecule has 0 fully saturated rings. The van der Waals surface area contributed by atoms with E-state index in [1.807, 2.05) is 19.9 Å². The molecule has 0 aliphatic rings. The highest BCUT2D eigenvalue weighted by Crippen LogP contribution is 2.11. The number of nitrogens with zero attached hydrogens (tertiary/aromatic N) is 2. The molecule has 0 saturated heterocycles. The quantitative estimate of drug-likeness (QED) is 0.851. The van der Waals surface area contributed by atoms with E-state index in [0.29, 0.717) is 13.0 Å². The second-order valence-corrected chi connectivity index (χ2v) is 4.87. The van der Waals surface area contributed by atoms with Crippen LogP contribution in [0.5, 0.6) is 0 Å². The van der Waals surface area contributed by atoms with Gasteiger partial charge < -0.3 is 5.32 Å². The Kier molecular flexibility index (Phi) is 4.93. The molecule has 1 amide bonds. The molecule has 4 nitrogen and oxygen atoms in total. The predicted octanol–water partition coefficient (Wildman–Crippen LogP) is 2.01. The number of nitrogens with one attached hydrogen (secondary N) is 1. The Morgan fingerprint density at radius 2 is 2.50 bits per heavy atom. The van der Waals surface area contributed by atoms with Crippen molar-refractivity contribution in [2.45, 2.75) is 33.2 Å². The van der Waals surface area contributed by atoms with E-state index in [9.17, 15) is 4.79 Å². The highest BCUT2D eigenvalue weighted by atomic mass is 32.1. The molecule has 0 aliphatic carbocycles. The second kappa shape index (κ2) is 6.23. The van der Waals surface area contributed by atoms with Crippen LogP contribution in [0.2, 0.25) is 0 Å². The van der Waals surface area contributed by atoms with Crippen LogP contribution in [0.1, 0.15) is 29.7 Å². The highest BCUT2D eigenvalue weighted by Gasteiger charge is 2.16. The number of aromatic nitrogens is 1. The molecular formula is C11H15N3OS. The van der Waals surface area contributed by atoms with Gasteiger partial charge in [0.05, 0.1) is 12.6 Å². The zero-order valence-corrected chi connectivity index (χ0v) is 10.3. The maximum atomic E-state index is 11.6. The molecule has 1 aromatic rings. The van der Waals surface area contributed by atoms with Gasteiger partial charge >= 0.3 is 0 Å². The molecule has 1 unspecified atom stereocenters. The minimum Gasteiger partial charge on any atom is -0.348 e. The van der Waals surface area contributed by atoms with Crippen LogP contribution in [-0.4, -0.2) is 10.9 Å². The number of carbonyl (C=O) groups is 1. The molecule has 5 heteroatoms. The third-order valence-corrected chi connectivity index (χ3v) is 3.05. The van der Waals surface area contributed by atoms with E-state index in [-0.39, 0.29) is 5.91 Å². The van der Waals surface area contributed by atoms with Crippen molar-refractivity contribution in [3.8, 4) is 6.07 Å². The summed E-state index contributed by atoms with van der Waals surface area (Å²) in [4.78, 5) is 16.8. The smallest absolute Gasteiger partial charge is 0.237 e. The number of amides is 1. The molecule has 86 valence electrons. The molecule has 16 heavy (non-hydrogen) atoms. The van der Waals surface area contributed by atoms with Gasteiger partial charge in [0.15, 0.2) is 0 Å². The molecular weight excluding hydrogens is 222 g/mol. The van der Waals surface area contributed by atoms with E-state index in [4.69, 9.17) is 5.26 Å². The SMILES string of the molecule is CCCC(C#N)C(=O)NCc1ncc(C)s1. The lowest BCUT2D eigenvalue weighted by Gasteiger charge is -2.07. The zero-order chi connectivity index (χ0) is 12.0. The van der Waals surface area contributed by atoms with Gasteiger partial charge in [-0.25, -0.2) is 4.98 Å². The largest absolute Gasteiger partial charge is 0.348 e. The summed E-state index contributed by atoms with van der Waals surface area (Å²) in [6.07, 6.45) is 3.22. The number of hydrogen-bond donors (Lipinski definition) is 1. The van der Waals surface area contributed by atoms with Gasteiger partial charge in [-0.05, 0) is 13.3 Å². The Balaban J connectivity index is 2.43. The Labute approximate surface area is 99.3 Å². The monoisotopic (exact) mass is 237 g/mol. The fourth-order valence-electron chi connectivity index (χ4n) is 1.31. The molecule has 0 bridgehead atoms. The molecule has 0 aliphatic heterocycles. The average molecular weight is 237 g/mol. The lowest BCUT2D eigenvalue weighted by molar-refractivity contribution is -0.123. The molecule has 0 saturated carbocycles. The Hall–Kier alpha value is -1.41. The number of aryl methyl sites for hydroxylation is 1. The summed E-state index contributed by atoms with van der Waals surface area (Å²) in [5.41, 5.74) is 0. The van der Waals surface area contributed by atoms with Crippen molar-refractivity contribution in [1.82, 2.24) is 10.3 Å². The lowest BCUT2D eigenvalue weighted by Crippen LogP contribution is -2.29. The van der Waals surface area contributed by atoms with Crippen LogP contribution in [0.4, 0.5) is 0 Å². The van der Waals surface area contributed by atoms with Crippen molar-refractivity contribution in [1.29, 1.82) is 5.26 Å². The fourth-order valence-corrected chi connectivity index (χ4v) is 2.04. The van der Waals surface area contributed by atoms with Crippen molar-refractivity contribution >= 4 is 17.2 Å². The third kappa shape index (κ3) is 3.63. The predicted molar refractivity (Wildman–Crippen MR) is 62.7 cm³/mol. The minimum absolute atomic E-state index is 0.197. The molecule has 0 radical (unpaired) electrons. The summed E-state index contributed by atoms with van der Waals surface area (Å²) in [7, 11) is 0. The van der Waals surface area contributed by atoms with Crippen LogP contribution in [0, 0.1) is 24.2 Å². The van der Waals surface area contributed by atoms with Gasteiger partial charge in [0.1, 0.15) is 10.9 Å². The van der Waals surface area contributed by atoms with Gasteiger partial charge in [0.25, 0.3) is 0 Å². The van der Waals surface area contributed by atoms with Crippen LogP contribution in [0.3, 0.4) is 0 Å². The maximum absolute atomic E-state index is 11.6.